The van der Waals surface area contributed by atoms with Crippen LogP contribution in [0.4, 0.5) is 0 Å². The number of imidazole rings is 1. The van der Waals surface area contributed by atoms with E-state index in [0.29, 0.717) is 22.2 Å². The number of furan rings is 3. The van der Waals surface area contributed by atoms with Gasteiger partial charge in [-0.2, -0.15) is 0 Å². The molecule has 0 aliphatic heterocycles. The van der Waals surface area contributed by atoms with Gasteiger partial charge in [0, 0.05) is 55.4 Å². The highest BCUT2D eigenvalue weighted by Crippen LogP contribution is 2.59. The van der Waals surface area contributed by atoms with Gasteiger partial charge < -0.3 is 39.5 Å². The van der Waals surface area contributed by atoms with Crippen LogP contribution in [0.1, 0.15) is 175 Å². The van der Waals surface area contributed by atoms with E-state index in [0.717, 1.165) is 126 Å². The van der Waals surface area contributed by atoms with Gasteiger partial charge in [-0.1, -0.05) is 12.1 Å². The van der Waals surface area contributed by atoms with Crippen molar-refractivity contribution in [3.8, 4) is 42.3 Å². The number of rotatable bonds is 16. The molecule has 0 amide bonds. The topological polar surface area (TPSA) is 116 Å². The zero-order valence-electron chi connectivity index (χ0n) is 51.5. The van der Waals surface area contributed by atoms with Crippen LogP contribution < -0.4 is 21.3 Å². The third-order valence-electron chi connectivity index (χ3n) is 24.4. The first-order valence-corrected chi connectivity index (χ1v) is 38.0. The van der Waals surface area contributed by atoms with Gasteiger partial charge in [-0.3, -0.25) is 0 Å². The predicted molar refractivity (Wildman–Crippen MR) is 359 cm³/mol. The normalized spacial score (nSPS) is 36.1. The summed E-state index contributed by atoms with van der Waals surface area (Å²) in [7, 11) is 0. The van der Waals surface area contributed by atoms with Gasteiger partial charge >= 0.3 is 0 Å². The van der Waals surface area contributed by atoms with Gasteiger partial charge in [0.15, 0.2) is 0 Å². The van der Waals surface area contributed by atoms with E-state index < -0.39 is 0 Å². The molecule has 16 aliphatic rings. The van der Waals surface area contributed by atoms with Gasteiger partial charge in [0.1, 0.15) is 23.1 Å². The Labute approximate surface area is 537 Å². The molecule has 16 bridgehead atoms. The number of nitrogens with one attached hydrogen (secondary N) is 5. The molecule has 8 aromatic heterocycles. The summed E-state index contributed by atoms with van der Waals surface area (Å²) in [6, 6.07) is 27.7. The van der Waals surface area contributed by atoms with E-state index in [1.807, 2.05) is 53.3 Å². The van der Waals surface area contributed by atoms with Gasteiger partial charge in [-0.15, -0.1) is 45.3 Å². The van der Waals surface area contributed by atoms with Crippen LogP contribution in [0.5, 0.6) is 0 Å². The molecule has 464 valence electrons. The van der Waals surface area contributed by atoms with Crippen molar-refractivity contribution in [2.75, 3.05) is 0 Å². The molecule has 8 aromatic rings. The van der Waals surface area contributed by atoms with E-state index >= 15 is 0 Å². The van der Waals surface area contributed by atoms with Crippen molar-refractivity contribution >= 4 is 45.3 Å². The molecule has 0 aromatic carbocycles. The van der Waals surface area contributed by atoms with E-state index in [9.17, 15) is 0 Å². The lowest BCUT2D eigenvalue weighted by atomic mass is 9.53. The SMILES string of the molecule is c1cc(-c2ccc(CNC34CC5CC(CC(C5)C3)C4)s2)co1.c1coc(-c2ccc(CNC34CC5CC(CC(C5)C3)C4)s2)c1.c1csc(-c2ccc(CNC34CC5CC(CC(C5)C3)C4)o2)c1.c1csc(-c2cnc(CNC34CC5CC(CC(C5)C3)C4)[nH]2)c1. The summed E-state index contributed by atoms with van der Waals surface area (Å²) >= 11 is 7.26. The molecule has 0 saturated heterocycles. The number of hydrogen-bond donors (Lipinski definition) is 5. The molecule has 0 spiro atoms. The molecule has 8 heterocycles. The van der Waals surface area contributed by atoms with E-state index in [1.165, 1.54) is 189 Å². The van der Waals surface area contributed by atoms with E-state index in [4.69, 9.17) is 13.3 Å². The van der Waals surface area contributed by atoms with Crippen molar-refractivity contribution < 1.29 is 13.3 Å². The number of aromatic nitrogens is 2. The maximum absolute atomic E-state index is 6.04. The second-order valence-electron chi connectivity index (χ2n) is 31.2. The average Bonchev–Trinajstić information content (AvgIpc) is 3.55. The summed E-state index contributed by atoms with van der Waals surface area (Å²) in [5, 5.41) is 20.0. The van der Waals surface area contributed by atoms with E-state index in [1.54, 1.807) is 35.2 Å². The molecule has 88 heavy (non-hydrogen) atoms. The van der Waals surface area contributed by atoms with Crippen molar-refractivity contribution in [3.05, 3.63) is 136 Å². The van der Waals surface area contributed by atoms with Crippen LogP contribution in [-0.2, 0) is 26.2 Å². The molecular weight excluding hydrogens is 1160 g/mol. The molecule has 16 fully saturated rings. The van der Waals surface area contributed by atoms with Crippen LogP contribution >= 0.6 is 45.3 Å². The maximum atomic E-state index is 6.04. The molecule has 13 heteroatoms. The fourth-order valence-electron chi connectivity index (χ4n) is 22.5. The smallest absolute Gasteiger partial charge is 0.144 e. The van der Waals surface area contributed by atoms with Crippen LogP contribution in [0.3, 0.4) is 0 Å². The number of aromatic amines is 1. The molecule has 0 unspecified atom stereocenters. The van der Waals surface area contributed by atoms with Gasteiger partial charge in [-0.05, 0) is 303 Å². The van der Waals surface area contributed by atoms with Gasteiger partial charge in [0.2, 0.25) is 0 Å². The van der Waals surface area contributed by atoms with Crippen LogP contribution in [0.15, 0.2) is 128 Å². The Morgan fingerprint density at radius 1 is 0.420 bits per heavy atom. The Bertz CT molecular complexity index is 2960. The van der Waals surface area contributed by atoms with Crippen LogP contribution in [0.2, 0.25) is 0 Å². The lowest BCUT2D eigenvalue weighted by molar-refractivity contribution is -0.0213. The fourth-order valence-corrected chi connectivity index (χ4v) is 25.7. The van der Waals surface area contributed by atoms with Crippen molar-refractivity contribution in [2.45, 2.75) is 202 Å². The minimum Gasteiger partial charge on any atom is -0.472 e. The van der Waals surface area contributed by atoms with Crippen molar-refractivity contribution in [1.82, 2.24) is 31.2 Å². The van der Waals surface area contributed by atoms with E-state index in [-0.39, 0.29) is 0 Å². The largest absolute Gasteiger partial charge is 0.472 e. The van der Waals surface area contributed by atoms with Gasteiger partial charge in [-0.25, -0.2) is 4.98 Å². The molecule has 16 saturated carbocycles. The quantitative estimate of drug-likeness (QED) is 0.0650. The van der Waals surface area contributed by atoms with Gasteiger partial charge in [0.05, 0.1) is 58.4 Å². The number of thiophene rings is 4. The molecule has 0 atom stereocenters. The monoisotopic (exact) mass is 1250 g/mol. The summed E-state index contributed by atoms with van der Waals surface area (Å²) in [6.45, 7) is 3.83. The minimum atomic E-state index is 0.421. The Morgan fingerprint density at radius 3 is 1.32 bits per heavy atom. The molecular formula is C75H92N6O3S4. The first-order valence-electron chi connectivity index (χ1n) is 34.6. The number of hydrogen-bond acceptors (Lipinski definition) is 12. The maximum Gasteiger partial charge on any atom is 0.144 e. The molecule has 9 nitrogen and oxygen atoms in total. The molecule has 0 radical (unpaired) electrons. The third kappa shape index (κ3) is 12.3. The lowest BCUT2D eigenvalue weighted by Gasteiger charge is -2.57. The number of H-pyrrole nitrogens is 1. The highest BCUT2D eigenvalue weighted by molar-refractivity contribution is 7.16. The fraction of sp³-hybridized carbons (Fsp3) is 0.587. The summed E-state index contributed by atoms with van der Waals surface area (Å²) in [5.41, 5.74) is 4.12. The Hall–Kier alpha value is -4.31. The summed E-state index contributed by atoms with van der Waals surface area (Å²) < 4.78 is 16.7. The first-order chi connectivity index (χ1) is 43.1. The van der Waals surface area contributed by atoms with Crippen LogP contribution in [0.25, 0.3) is 42.3 Å². The van der Waals surface area contributed by atoms with Crippen molar-refractivity contribution in [2.24, 2.45) is 71.0 Å². The lowest BCUT2D eigenvalue weighted by Crippen LogP contribution is -2.58. The summed E-state index contributed by atoms with van der Waals surface area (Å²) in [5.74, 6) is 16.2. The Balaban J connectivity index is 0.0000000910. The zero-order chi connectivity index (χ0) is 58.3. The van der Waals surface area contributed by atoms with Crippen molar-refractivity contribution in [1.29, 1.82) is 0 Å². The van der Waals surface area contributed by atoms with Gasteiger partial charge in [0.25, 0.3) is 0 Å². The summed E-state index contributed by atoms with van der Waals surface area (Å²) in [4.78, 5) is 16.0. The molecule has 5 N–H and O–H groups in total. The first kappa shape index (κ1) is 57.6. The summed E-state index contributed by atoms with van der Waals surface area (Å²) in [6.07, 6.45) is 42.4. The highest BCUT2D eigenvalue weighted by atomic mass is 32.1. The average molecular weight is 1250 g/mol. The third-order valence-corrected chi connectivity index (χ3v) is 28.5. The van der Waals surface area contributed by atoms with Crippen LogP contribution in [0, 0.1) is 71.0 Å². The number of nitrogens with zero attached hydrogens (tertiary/aromatic N) is 1. The second-order valence-corrected chi connectivity index (χ2v) is 35.4. The van der Waals surface area contributed by atoms with Crippen LogP contribution in [-0.4, -0.2) is 32.1 Å². The highest BCUT2D eigenvalue weighted by Gasteiger charge is 2.54. The second kappa shape index (κ2) is 24.0. The molecule has 16 aliphatic carbocycles. The van der Waals surface area contributed by atoms with E-state index in [2.05, 4.69) is 103 Å². The predicted octanol–water partition coefficient (Wildman–Crippen LogP) is 19.4. The Morgan fingerprint density at radius 2 is 0.875 bits per heavy atom. The minimum absolute atomic E-state index is 0.421. The zero-order valence-corrected chi connectivity index (χ0v) is 54.8. The standard InChI is InChI=1S/3C19H23NOS.C18H23N3S/c1-2-18(16-3-4-21-12-16)22-17(1)11-20-19-8-13-5-14(9-19)7-15(6-13)10-19;1-2-18(22-5-1)17-4-3-16(21-17)12-20-19-9-13-6-14(10-19)8-15(7-13)11-19;1-2-17(21-5-1)18-4-3-16(22-18)12-20-19-9-13-6-14(10-19)8-15(7-13)11-19;1-2-16(22-3-1)15-10-19-17(21-15)11-20-18-7-12-4-13(8-18)6-14(5-12)9-18/h1-4,12-15,20H,5-11H2;2*1-5,13-15,20H,6-12H2;1-3,10,12-14,20H,4-9,11H2,(H,19,21). The molecule has 24 rings (SSSR count). The van der Waals surface area contributed by atoms with Crippen molar-refractivity contribution in [3.63, 3.8) is 0 Å². The Kier molecular flexibility index (Phi) is 15.7.